The topological polar surface area (TPSA) is 0 Å². The SMILES string of the molecule is [c]1ccc2cc3c(cc2c1)Cc1cc2cc[c]cc2cc1C3. The Morgan fingerprint density at radius 2 is 0.955 bits per heavy atom. The van der Waals surface area contributed by atoms with Crippen LogP contribution in [0.1, 0.15) is 22.3 Å². The fraction of sp³-hybridized carbons (Fsp3) is 0.0909. The molecule has 1 aliphatic carbocycles. The van der Waals surface area contributed by atoms with Crippen molar-refractivity contribution in [3.63, 3.8) is 0 Å². The highest BCUT2D eigenvalue weighted by atomic mass is 14.2. The molecule has 4 aromatic rings. The molecule has 2 radical (unpaired) electrons. The normalized spacial score (nSPS) is 13.1. The van der Waals surface area contributed by atoms with Crippen molar-refractivity contribution in [1.29, 1.82) is 0 Å². The van der Waals surface area contributed by atoms with Crippen LogP contribution in [0.4, 0.5) is 0 Å². The first kappa shape index (κ1) is 12.0. The summed E-state index contributed by atoms with van der Waals surface area (Å²) in [5.74, 6) is 0. The van der Waals surface area contributed by atoms with Gasteiger partial charge in [-0.2, -0.15) is 0 Å². The molecule has 22 heavy (non-hydrogen) atoms. The summed E-state index contributed by atoms with van der Waals surface area (Å²) in [5.41, 5.74) is 5.85. The fourth-order valence-corrected chi connectivity index (χ4v) is 3.61. The summed E-state index contributed by atoms with van der Waals surface area (Å²) < 4.78 is 0. The third-order valence-electron chi connectivity index (χ3n) is 4.77. The van der Waals surface area contributed by atoms with Gasteiger partial charge in [-0.25, -0.2) is 0 Å². The molecule has 0 saturated heterocycles. The second-order valence-electron chi connectivity index (χ2n) is 6.14. The molecule has 0 amide bonds. The van der Waals surface area contributed by atoms with Gasteiger partial charge in [0.1, 0.15) is 0 Å². The molecule has 0 saturated carbocycles. The van der Waals surface area contributed by atoms with Crippen LogP contribution >= 0.6 is 0 Å². The fourth-order valence-electron chi connectivity index (χ4n) is 3.61. The first-order chi connectivity index (χ1) is 10.9. The number of fused-ring (bicyclic) bond motifs is 4. The monoisotopic (exact) mass is 278 g/mol. The zero-order chi connectivity index (χ0) is 14.5. The van der Waals surface area contributed by atoms with E-state index in [0.29, 0.717) is 0 Å². The Balaban J connectivity index is 1.71. The minimum atomic E-state index is 1.03. The molecule has 0 fully saturated rings. The van der Waals surface area contributed by atoms with Crippen molar-refractivity contribution in [2.24, 2.45) is 0 Å². The average Bonchev–Trinajstić information content (AvgIpc) is 2.56. The van der Waals surface area contributed by atoms with E-state index in [1.807, 2.05) is 12.1 Å². The molecule has 0 heteroatoms. The van der Waals surface area contributed by atoms with E-state index in [0.717, 1.165) is 12.8 Å². The second kappa shape index (κ2) is 4.45. The Bertz CT molecular complexity index is 858. The quantitative estimate of drug-likeness (QED) is 0.370. The average molecular weight is 278 g/mol. The minimum Gasteiger partial charge on any atom is -0.0538 e. The van der Waals surface area contributed by atoms with Crippen molar-refractivity contribution in [3.05, 3.63) is 95.1 Å². The van der Waals surface area contributed by atoms with E-state index in [9.17, 15) is 0 Å². The van der Waals surface area contributed by atoms with E-state index in [-0.39, 0.29) is 0 Å². The smallest absolute Gasteiger partial charge is 0.00196 e. The van der Waals surface area contributed by atoms with Gasteiger partial charge in [0.05, 0.1) is 0 Å². The van der Waals surface area contributed by atoms with Crippen LogP contribution in [0.15, 0.2) is 60.7 Å². The van der Waals surface area contributed by atoms with Crippen molar-refractivity contribution in [2.75, 3.05) is 0 Å². The Morgan fingerprint density at radius 3 is 1.41 bits per heavy atom. The first-order valence-electron chi connectivity index (χ1n) is 7.70. The predicted octanol–water partition coefficient (Wildman–Crippen LogP) is 5.09. The van der Waals surface area contributed by atoms with E-state index >= 15 is 0 Å². The molecule has 4 aromatic carbocycles. The van der Waals surface area contributed by atoms with E-state index in [2.05, 4.69) is 60.7 Å². The van der Waals surface area contributed by atoms with Crippen LogP contribution in [0.25, 0.3) is 21.5 Å². The lowest BCUT2D eigenvalue weighted by atomic mass is 9.83. The molecule has 0 unspecified atom stereocenters. The van der Waals surface area contributed by atoms with Crippen molar-refractivity contribution in [2.45, 2.75) is 12.8 Å². The molecule has 5 rings (SSSR count). The summed E-state index contributed by atoms with van der Waals surface area (Å²) in [6, 6.07) is 28.2. The van der Waals surface area contributed by atoms with E-state index in [1.165, 1.54) is 43.8 Å². The Hall–Kier alpha value is -2.60. The summed E-state index contributed by atoms with van der Waals surface area (Å²) in [6.07, 6.45) is 2.06. The molecule has 0 atom stereocenters. The number of hydrogen-bond donors (Lipinski definition) is 0. The van der Waals surface area contributed by atoms with Crippen LogP contribution in [0.2, 0.25) is 0 Å². The first-order valence-corrected chi connectivity index (χ1v) is 7.70. The van der Waals surface area contributed by atoms with Crippen LogP contribution in [-0.2, 0) is 12.8 Å². The Morgan fingerprint density at radius 1 is 0.545 bits per heavy atom. The summed E-state index contributed by atoms with van der Waals surface area (Å²) in [7, 11) is 0. The lowest BCUT2D eigenvalue weighted by Gasteiger charge is -2.21. The second-order valence-corrected chi connectivity index (χ2v) is 6.14. The molecule has 0 aliphatic heterocycles. The molecule has 0 nitrogen and oxygen atoms in total. The summed E-state index contributed by atoms with van der Waals surface area (Å²) in [5, 5.41) is 5.21. The van der Waals surface area contributed by atoms with E-state index in [4.69, 9.17) is 0 Å². The molecule has 0 bridgehead atoms. The lowest BCUT2D eigenvalue weighted by Crippen LogP contribution is -2.07. The van der Waals surface area contributed by atoms with Crippen molar-refractivity contribution in [1.82, 2.24) is 0 Å². The molecule has 0 N–H and O–H groups in total. The highest BCUT2D eigenvalue weighted by Crippen LogP contribution is 2.32. The van der Waals surface area contributed by atoms with Gasteiger partial charge in [0, 0.05) is 0 Å². The van der Waals surface area contributed by atoms with Crippen LogP contribution < -0.4 is 0 Å². The molecular formula is C22H14. The van der Waals surface area contributed by atoms with Gasteiger partial charge in [-0.1, -0.05) is 48.5 Å². The zero-order valence-electron chi connectivity index (χ0n) is 12.2. The lowest BCUT2D eigenvalue weighted by molar-refractivity contribution is 1.01. The maximum Gasteiger partial charge on any atom is -0.00196 e. The van der Waals surface area contributed by atoms with Crippen LogP contribution in [0.5, 0.6) is 0 Å². The molecular weight excluding hydrogens is 264 g/mol. The van der Waals surface area contributed by atoms with Gasteiger partial charge in [-0.3, -0.25) is 0 Å². The third kappa shape index (κ3) is 1.77. The summed E-state index contributed by atoms with van der Waals surface area (Å²) in [4.78, 5) is 0. The van der Waals surface area contributed by atoms with Gasteiger partial charge in [-0.15, -0.1) is 0 Å². The molecule has 1 aliphatic rings. The summed E-state index contributed by atoms with van der Waals surface area (Å²) in [6.45, 7) is 0. The molecule has 0 aromatic heterocycles. The maximum atomic E-state index is 3.18. The van der Waals surface area contributed by atoms with Gasteiger partial charge in [0.25, 0.3) is 0 Å². The number of hydrogen-bond acceptors (Lipinski definition) is 0. The minimum absolute atomic E-state index is 1.03. The maximum absolute atomic E-state index is 3.18. The van der Waals surface area contributed by atoms with Gasteiger partial charge in [0.2, 0.25) is 0 Å². The standard InChI is InChI=1S/C22H14/c1-2-6-16-10-20-14-22-12-18-8-4-3-7-17(18)11-21(22)13-19(20)9-15(16)5-1/h1,4-12H,13-14H2. The summed E-state index contributed by atoms with van der Waals surface area (Å²) >= 11 is 0. The van der Waals surface area contributed by atoms with E-state index in [1.54, 1.807) is 0 Å². The zero-order valence-corrected chi connectivity index (χ0v) is 12.2. The molecule has 102 valence electrons. The van der Waals surface area contributed by atoms with Gasteiger partial charge in [-0.05, 0) is 80.9 Å². The van der Waals surface area contributed by atoms with E-state index < -0.39 is 0 Å². The van der Waals surface area contributed by atoms with Crippen molar-refractivity contribution < 1.29 is 0 Å². The van der Waals surface area contributed by atoms with Crippen LogP contribution in [-0.4, -0.2) is 0 Å². The van der Waals surface area contributed by atoms with Gasteiger partial charge in [0.15, 0.2) is 0 Å². The van der Waals surface area contributed by atoms with Crippen LogP contribution in [0, 0.1) is 12.1 Å². The van der Waals surface area contributed by atoms with Gasteiger partial charge < -0.3 is 0 Å². The molecule has 0 heterocycles. The number of rotatable bonds is 0. The highest BCUT2D eigenvalue weighted by molar-refractivity contribution is 5.86. The van der Waals surface area contributed by atoms with Gasteiger partial charge >= 0.3 is 0 Å². The Kier molecular flexibility index (Phi) is 2.42. The van der Waals surface area contributed by atoms with Crippen LogP contribution in [0.3, 0.4) is 0 Å². The van der Waals surface area contributed by atoms with Crippen molar-refractivity contribution in [3.8, 4) is 0 Å². The highest BCUT2D eigenvalue weighted by Gasteiger charge is 2.16. The number of benzene rings is 4. The predicted molar refractivity (Wildman–Crippen MR) is 91.2 cm³/mol. The Labute approximate surface area is 130 Å². The largest absolute Gasteiger partial charge is 0.0538 e. The molecule has 0 spiro atoms. The third-order valence-corrected chi connectivity index (χ3v) is 4.77. The van der Waals surface area contributed by atoms with Crippen molar-refractivity contribution >= 4 is 21.5 Å².